The molecule has 0 spiro atoms. The second-order valence-electron chi connectivity index (χ2n) is 4.33. The molecule has 21 heavy (non-hydrogen) atoms. The highest BCUT2D eigenvalue weighted by molar-refractivity contribution is 5.92. The van der Waals surface area contributed by atoms with Gasteiger partial charge in [-0.1, -0.05) is 17.3 Å². The smallest absolute Gasteiger partial charge is 0.358 e. The van der Waals surface area contributed by atoms with Gasteiger partial charge in [-0.15, -0.1) is 5.10 Å². The molecule has 0 fully saturated rings. The molecule has 3 rings (SSSR count). The Morgan fingerprint density at radius 3 is 2.76 bits per heavy atom. The zero-order chi connectivity index (χ0) is 14.7. The highest BCUT2D eigenvalue weighted by Gasteiger charge is 2.21. The fourth-order valence-electron chi connectivity index (χ4n) is 1.99. The molecule has 0 radical (unpaired) electrons. The molecule has 3 aromatic heterocycles. The summed E-state index contributed by atoms with van der Waals surface area (Å²) in [5, 5.41) is 16.9. The zero-order valence-electron chi connectivity index (χ0n) is 10.9. The number of hydrogen-bond donors (Lipinski definition) is 1. The molecule has 0 aliphatic carbocycles. The van der Waals surface area contributed by atoms with E-state index in [1.807, 2.05) is 12.1 Å². The van der Waals surface area contributed by atoms with Crippen LogP contribution in [-0.4, -0.2) is 36.0 Å². The van der Waals surface area contributed by atoms with E-state index in [-0.39, 0.29) is 5.69 Å². The van der Waals surface area contributed by atoms with Crippen LogP contribution in [0.2, 0.25) is 0 Å². The van der Waals surface area contributed by atoms with E-state index in [1.165, 1.54) is 4.68 Å². The van der Waals surface area contributed by atoms with E-state index in [0.29, 0.717) is 17.9 Å². The summed E-state index contributed by atoms with van der Waals surface area (Å²) in [5.74, 6) is -1.13. The van der Waals surface area contributed by atoms with Crippen molar-refractivity contribution in [1.29, 1.82) is 0 Å². The molecule has 0 amide bonds. The molecule has 0 saturated heterocycles. The summed E-state index contributed by atoms with van der Waals surface area (Å²) in [5.41, 5.74) is 1.69. The van der Waals surface area contributed by atoms with E-state index in [4.69, 9.17) is 0 Å². The lowest BCUT2D eigenvalue weighted by atomic mass is 10.2. The number of pyridine rings is 2. The van der Waals surface area contributed by atoms with Crippen molar-refractivity contribution in [3.8, 4) is 11.4 Å². The van der Waals surface area contributed by atoms with Gasteiger partial charge < -0.3 is 5.11 Å². The van der Waals surface area contributed by atoms with Crippen LogP contribution >= 0.6 is 0 Å². The molecular formula is C14H11N5O2. The first-order chi connectivity index (χ1) is 10.3. The molecule has 0 saturated carbocycles. The predicted molar refractivity (Wildman–Crippen MR) is 73.6 cm³/mol. The van der Waals surface area contributed by atoms with Crippen LogP contribution in [0.15, 0.2) is 48.9 Å². The minimum atomic E-state index is -1.13. The van der Waals surface area contributed by atoms with Gasteiger partial charge in [-0.2, -0.15) is 0 Å². The van der Waals surface area contributed by atoms with Crippen LogP contribution in [0.25, 0.3) is 11.4 Å². The van der Waals surface area contributed by atoms with Crippen molar-refractivity contribution in [2.45, 2.75) is 6.54 Å². The number of hydrogen-bond acceptors (Lipinski definition) is 5. The van der Waals surface area contributed by atoms with Gasteiger partial charge in [0.1, 0.15) is 5.69 Å². The second kappa shape index (κ2) is 5.49. The first-order valence-electron chi connectivity index (χ1n) is 6.23. The molecule has 0 aliphatic rings. The highest BCUT2D eigenvalue weighted by Crippen LogP contribution is 2.20. The van der Waals surface area contributed by atoms with E-state index in [1.54, 1.807) is 36.8 Å². The molecule has 7 heteroatoms. The van der Waals surface area contributed by atoms with Gasteiger partial charge in [0.2, 0.25) is 0 Å². The number of aromatic nitrogens is 5. The number of carbonyl (C=O) groups is 1. The third kappa shape index (κ3) is 2.62. The summed E-state index contributed by atoms with van der Waals surface area (Å²) in [6.07, 6.45) is 4.97. The number of nitrogens with zero attached hydrogens (tertiary/aromatic N) is 5. The lowest BCUT2D eigenvalue weighted by Crippen LogP contribution is -2.07. The van der Waals surface area contributed by atoms with Crippen molar-refractivity contribution >= 4 is 5.97 Å². The van der Waals surface area contributed by atoms with Crippen molar-refractivity contribution in [3.05, 3.63) is 60.2 Å². The first kappa shape index (κ1) is 12.9. The Bertz CT molecular complexity index is 756. The van der Waals surface area contributed by atoms with E-state index in [2.05, 4.69) is 20.3 Å². The number of aromatic carboxylic acids is 1. The lowest BCUT2D eigenvalue weighted by Gasteiger charge is -2.06. The molecular weight excluding hydrogens is 270 g/mol. The van der Waals surface area contributed by atoms with Gasteiger partial charge in [0.25, 0.3) is 0 Å². The third-order valence-electron chi connectivity index (χ3n) is 2.90. The van der Waals surface area contributed by atoms with Gasteiger partial charge in [0.15, 0.2) is 5.69 Å². The number of rotatable bonds is 4. The van der Waals surface area contributed by atoms with Crippen LogP contribution in [0.3, 0.4) is 0 Å². The summed E-state index contributed by atoms with van der Waals surface area (Å²) in [4.78, 5) is 19.5. The van der Waals surface area contributed by atoms with Gasteiger partial charge in [0, 0.05) is 18.6 Å². The summed E-state index contributed by atoms with van der Waals surface area (Å²) < 4.78 is 1.52. The summed E-state index contributed by atoms with van der Waals surface area (Å²) in [6.45, 7) is 0.375. The quantitative estimate of drug-likeness (QED) is 0.778. The van der Waals surface area contributed by atoms with Crippen molar-refractivity contribution in [3.63, 3.8) is 0 Å². The van der Waals surface area contributed by atoms with E-state index < -0.39 is 5.97 Å². The molecule has 3 heterocycles. The molecule has 0 unspecified atom stereocenters. The fourth-order valence-corrected chi connectivity index (χ4v) is 1.99. The minimum absolute atomic E-state index is 0.113. The maximum absolute atomic E-state index is 11.3. The average Bonchev–Trinajstić information content (AvgIpc) is 2.93. The van der Waals surface area contributed by atoms with Crippen molar-refractivity contribution in [1.82, 2.24) is 25.0 Å². The van der Waals surface area contributed by atoms with Crippen LogP contribution < -0.4 is 0 Å². The first-order valence-corrected chi connectivity index (χ1v) is 6.23. The molecule has 1 N–H and O–H groups in total. The van der Waals surface area contributed by atoms with Crippen LogP contribution in [-0.2, 0) is 6.54 Å². The molecule has 0 bridgehead atoms. The largest absolute Gasteiger partial charge is 0.476 e. The van der Waals surface area contributed by atoms with Gasteiger partial charge in [-0.05, 0) is 23.8 Å². The SMILES string of the molecule is O=C(O)c1nnn(Cc2cccnc2)c1-c1ccccn1. The predicted octanol–water partition coefficient (Wildman–Crippen LogP) is 1.48. The maximum Gasteiger partial charge on any atom is 0.358 e. The van der Waals surface area contributed by atoms with Crippen molar-refractivity contribution in [2.75, 3.05) is 0 Å². The monoisotopic (exact) mass is 281 g/mol. The van der Waals surface area contributed by atoms with Gasteiger partial charge in [-0.25, -0.2) is 9.48 Å². The van der Waals surface area contributed by atoms with Gasteiger partial charge in [0.05, 0.1) is 12.2 Å². The Morgan fingerprint density at radius 2 is 2.10 bits per heavy atom. The Kier molecular flexibility index (Phi) is 3.38. The maximum atomic E-state index is 11.3. The Hall–Kier alpha value is -3.09. The molecule has 7 nitrogen and oxygen atoms in total. The van der Waals surface area contributed by atoms with E-state index >= 15 is 0 Å². The van der Waals surface area contributed by atoms with Gasteiger partial charge >= 0.3 is 5.97 Å². The Morgan fingerprint density at radius 1 is 1.19 bits per heavy atom. The van der Waals surface area contributed by atoms with Crippen molar-refractivity contribution in [2.24, 2.45) is 0 Å². The van der Waals surface area contributed by atoms with Crippen molar-refractivity contribution < 1.29 is 9.90 Å². The number of carboxylic acid groups (broad SMARTS) is 1. The Labute approximate surface area is 119 Å². The molecule has 0 atom stereocenters. The minimum Gasteiger partial charge on any atom is -0.476 e. The molecule has 104 valence electrons. The summed E-state index contributed by atoms with van der Waals surface area (Å²) >= 11 is 0. The summed E-state index contributed by atoms with van der Waals surface area (Å²) in [6, 6.07) is 8.97. The molecule has 3 aromatic rings. The number of carboxylic acids is 1. The molecule has 0 aliphatic heterocycles. The lowest BCUT2D eigenvalue weighted by molar-refractivity contribution is 0.0691. The van der Waals surface area contributed by atoms with E-state index in [0.717, 1.165) is 5.56 Å². The van der Waals surface area contributed by atoms with E-state index in [9.17, 15) is 9.90 Å². The second-order valence-corrected chi connectivity index (χ2v) is 4.33. The summed E-state index contributed by atoms with van der Waals surface area (Å²) in [7, 11) is 0. The standard InChI is InChI=1S/C14H11N5O2/c20-14(21)12-13(11-5-1-2-7-16-11)19(18-17-12)9-10-4-3-6-15-8-10/h1-8H,9H2,(H,20,21). The van der Waals surface area contributed by atoms with Crippen LogP contribution in [0.5, 0.6) is 0 Å². The van der Waals surface area contributed by atoms with Crippen LogP contribution in [0, 0.1) is 0 Å². The normalized spacial score (nSPS) is 10.5. The Balaban J connectivity index is 2.07. The third-order valence-corrected chi connectivity index (χ3v) is 2.90. The topological polar surface area (TPSA) is 93.8 Å². The zero-order valence-corrected chi connectivity index (χ0v) is 10.9. The highest BCUT2D eigenvalue weighted by atomic mass is 16.4. The average molecular weight is 281 g/mol. The fraction of sp³-hybridized carbons (Fsp3) is 0.0714. The molecule has 0 aromatic carbocycles. The van der Waals surface area contributed by atoms with Gasteiger partial charge in [-0.3, -0.25) is 9.97 Å². The van der Waals surface area contributed by atoms with Crippen LogP contribution in [0.4, 0.5) is 0 Å². The van der Waals surface area contributed by atoms with Crippen LogP contribution in [0.1, 0.15) is 16.1 Å².